The van der Waals surface area contributed by atoms with Crippen LogP contribution >= 0.6 is 0 Å². The van der Waals surface area contributed by atoms with Gasteiger partial charge in [0.15, 0.2) is 0 Å². The minimum absolute atomic E-state index is 0.00880. The van der Waals surface area contributed by atoms with Gasteiger partial charge in [-0.1, -0.05) is 31.0 Å². The van der Waals surface area contributed by atoms with E-state index in [4.69, 9.17) is 4.74 Å². The molecule has 0 bridgehead atoms. The van der Waals surface area contributed by atoms with Gasteiger partial charge in [-0.25, -0.2) is 0 Å². The van der Waals surface area contributed by atoms with Gasteiger partial charge in [0.2, 0.25) is 0 Å². The number of carbonyl (C=O) groups is 1. The van der Waals surface area contributed by atoms with E-state index in [1.165, 1.54) is 5.56 Å². The highest BCUT2D eigenvalue weighted by atomic mass is 16.5. The number of hydrogen-bond donors (Lipinski definition) is 1. The molecular formula is C14H21NO2. The monoisotopic (exact) mass is 235 g/mol. The first kappa shape index (κ1) is 13.7. The van der Waals surface area contributed by atoms with Crippen molar-refractivity contribution in [1.82, 2.24) is 5.32 Å². The zero-order chi connectivity index (χ0) is 12.7. The maximum absolute atomic E-state index is 12.0. The molecule has 1 aromatic carbocycles. The second kappa shape index (κ2) is 7.07. The van der Waals surface area contributed by atoms with Crippen LogP contribution in [0.5, 0.6) is 0 Å². The molecule has 1 N–H and O–H groups in total. The minimum Gasteiger partial charge on any atom is -0.383 e. The van der Waals surface area contributed by atoms with Crippen LogP contribution < -0.4 is 5.32 Å². The van der Waals surface area contributed by atoms with Gasteiger partial charge in [0.05, 0.1) is 6.61 Å². The van der Waals surface area contributed by atoms with Gasteiger partial charge in [0.25, 0.3) is 5.91 Å². The van der Waals surface area contributed by atoms with Crippen LogP contribution in [0.4, 0.5) is 0 Å². The molecule has 3 nitrogen and oxygen atoms in total. The van der Waals surface area contributed by atoms with Gasteiger partial charge in [-0.2, -0.15) is 0 Å². The topological polar surface area (TPSA) is 38.3 Å². The Balaban J connectivity index is 2.77. The lowest BCUT2D eigenvalue weighted by atomic mass is 10.00. The maximum Gasteiger partial charge on any atom is 0.251 e. The average molecular weight is 235 g/mol. The summed E-state index contributed by atoms with van der Waals surface area (Å²) in [6, 6.07) is 5.97. The van der Waals surface area contributed by atoms with Crippen molar-refractivity contribution in [3.05, 3.63) is 34.9 Å². The molecule has 0 saturated heterocycles. The Morgan fingerprint density at radius 2 is 2.18 bits per heavy atom. The Kier molecular flexibility index (Phi) is 5.70. The van der Waals surface area contributed by atoms with Crippen molar-refractivity contribution >= 4 is 5.91 Å². The highest BCUT2D eigenvalue weighted by molar-refractivity contribution is 5.95. The van der Waals surface area contributed by atoms with Gasteiger partial charge < -0.3 is 10.1 Å². The third kappa shape index (κ3) is 4.19. The van der Waals surface area contributed by atoms with E-state index < -0.39 is 0 Å². The quantitative estimate of drug-likeness (QED) is 0.768. The van der Waals surface area contributed by atoms with E-state index in [9.17, 15) is 4.79 Å². The van der Waals surface area contributed by atoms with Gasteiger partial charge in [-0.05, 0) is 25.0 Å². The summed E-state index contributed by atoms with van der Waals surface area (Å²) in [4.78, 5) is 12.0. The molecule has 0 unspecified atom stereocenters. The van der Waals surface area contributed by atoms with E-state index in [0.29, 0.717) is 13.2 Å². The fourth-order valence-corrected chi connectivity index (χ4v) is 1.78. The van der Waals surface area contributed by atoms with Crippen LogP contribution in [-0.2, 0) is 11.2 Å². The standard InChI is InChI=1S/C14H21NO2/c1-4-5-12-10-11(2)6-7-13(12)14(16)15-8-9-17-3/h6-7,10H,4-5,8-9H2,1-3H3,(H,15,16). The molecule has 1 aromatic rings. The molecule has 0 radical (unpaired) electrons. The number of carbonyl (C=O) groups excluding carboxylic acids is 1. The van der Waals surface area contributed by atoms with Crippen molar-refractivity contribution in [3.63, 3.8) is 0 Å². The summed E-state index contributed by atoms with van der Waals surface area (Å²) in [5.74, 6) is -0.00880. The van der Waals surface area contributed by atoms with E-state index in [1.54, 1.807) is 7.11 Å². The van der Waals surface area contributed by atoms with Gasteiger partial charge in [0.1, 0.15) is 0 Å². The van der Waals surface area contributed by atoms with Crippen molar-refractivity contribution < 1.29 is 9.53 Å². The van der Waals surface area contributed by atoms with Crippen LogP contribution in [-0.4, -0.2) is 26.2 Å². The van der Waals surface area contributed by atoms with Crippen LogP contribution in [0, 0.1) is 6.92 Å². The van der Waals surface area contributed by atoms with E-state index in [-0.39, 0.29) is 5.91 Å². The number of hydrogen-bond acceptors (Lipinski definition) is 2. The predicted octanol–water partition coefficient (Wildman–Crippen LogP) is 2.32. The number of rotatable bonds is 6. The molecular weight excluding hydrogens is 214 g/mol. The highest BCUT2D eigenvalue weighted by Gasteiger charge is 2.10. The summed E-state index contributed by atoms with van der Waals surface area (Å²) in [7, 11) is 1.63. The zero-order valence-electron chi connectivity index (χ0n) is 10.9. The van der Waals surface area contributed by atoms with Crippen molar-refractivity contribution in [2.24, 2.45) is 0 Å². The van der Waals surface area contributed by atoms with Crippen LogP contribution in [0.3, 0.4) is 0 Å². The second-order valence-electron chi connectivity index (χ2n) is 4.16. The summed E-state index contributed by atoms with van der Waals surface area (Å²) in [5, 5.41) is 2.85. The Morgan fingerprint density at radius 3 is 2.82 bits per heavy atom. The Labute approximate surface area is 103 Å². The smallest absolute Gasteiger partial charge is 0.251 e. The Hall–Kier alpha value is -1.35. The van der Waals surface area contributed by atoms with Crippen molar-refractivity contribution in [2.75, 3.05) is 20.3 Å². The van der Waals surface area contributed by atoms with Crippen molar-refractivity contribution in [1.29, 1.82) is 0 Å². The number of ether oxygens (including phenoxy) is 1. The van der Waals surface area contributed by atoms with Crippen LogP contribution in [0.1, 0.15) is 34.8 Å². The molecule has 1 amide bonds. The van der Waals surface area contributed by atoms with Crippen molar-refractivity contribution in [2.45, 2.75) is 26.7 Å². The van der Waals surface area contributed by atoms with Gasteiger partial charge >= 0.3 is 0 Å². The molecule has 0 spiro atoms. The summed E-state index contributed by atoms with van der Waals surface area (Å²) < 4.78 is 4.91. The second-order valence-corrected chi connectivity index (χ2v) is 4.16. The number of methoxy groups -OCH3 is 1. The Morgan fingerprint density at radius 1 is 1.41 bits per heavy atom. The number of aryl methyl sites for hydroxylation is 2. The van der Waals surface area contributed by atoms with E-state index in [1.807, 2.05) is 19.1 Å². The van der Waals surface area contributed by atoms with E-state index in [2.05, 4.69) is 18.3 Å². The van der Waals surface area contributed by atoms with Crippen LogP contribution in [0.2, 0.25) is 0 Å². The molecule has 0 heterocycles. The lowest BCUT2D eigenvalue weighted by Gasteiger charge is -2.10. The van der Waals surface area contributed by atoms with Crippen LogP contribution in [0.15, 0.2) is 18.2 Å². The number of benzene rings is 1. The highest BCUT2D eigenvalue weighted by Crippen LogP contribution is 2.13. The lowest BCUT2D eigenvalue weighted by Crippen LogP contribution is -2.27. The molecule has 0 fully saturated rings. The number of nitrogens with one attached hydrogen (secondary N) is 1. The summed E-state index contributed by atoms with van der Waals surface area (Å²) in [6.07, 6.45) is 1.98. The molecule has 0 atom stereocenters. The molecule has 0 aliphatic heterocycles. The molecule has 3 heteroatoms. The van der Waals surface area contributed by atoms with E-state index in [0.717, 1.165) is 24.0 Å². The van der Waals surface area contributed by atoms with Gasteiger partial charge in [-0.15, -0.1) is 0 Å². The normalized spacial score (nSPS) is 10.3. The molecule has 94 valence electrons. The molecule has 0 saturated carbocycles. The average Bonchev–Trinajstić information content (AvgIpc) is 2.30. The lowest BCUT2D eigenvalue weighted by molar-refractivity contribution is 0.0936. The third-order valence-electron chi connectivity index (χ3n) is 2.62. The predicted molar refractivity (Wildman–Crippen MR) is 69.4 cm³/mol. The molecule has 0 aromatic heterocycles. The largest absolute Gasteiger partial charge is 0.383 e. The van der Waals surface area contributed by atoms with Gasteiger partial charge in [0, 0.05) is 19.2 Å². The summed E-state index contributed by atoms with van der Waals surface area (Å²) >= 11 is 0. The fourth-order valence-electron chi connectivity index (χ4n) is 1.78. The molecule has 0 aliphatic rings. The first-order chi connectivity index (χ1) is 8.19. The molecule has 0 aliphatic carbocycles. The zero-order valence-corrected chi connectivity index (χ0v) is 10.9. The fraction of sp³-hybridized carbons (Fsp3) is 0.500. The first-order valence-electron chi connectivity index (χ1n) is 6.05. The number of amides is 1. The van der Waals surface area contributed by atoms with E-state index >= 15 is 0 Å². The van der Waals surface area contributed by atoms with Crippen molar-refractivity contribution in [3.8, 4) is 0 Å². The molecule has 1 rings (SSSR count). The summed E-state index contributed by atoms with van der Waals surface area (Å²) in [6.45, 7) is 5.26. The van der Waals surface area contributed by atoms with Gasteiger partial charge in [-0.3, -0.25) is 4.79 Å². The first-order valence-corrected chi connectivity index (χ1v) is 6.05. The third-order valence-corrected chi connectivity index (χ3v) is 2.62. The summed E-state index contributed by atoms with van der Waals surface area (Å²) in [5.41, 5.74) is 3.11. The van der Waals surface area contributed by atoms with Crippen LogP contribution in [0.25, 0.3) is 0 Å². The maximum atomic E-state index is 12.0. The molecule has 17 heavy (non-hydrogen) atoms. The Bertz CT molecular complexity index is 374. The SMILES string of the molecule is CCCc1cc(C)ccc1C(=O)NCCOC. The minimum atomic E-state index is -0.00880.